The summed E-state index contributed by atoms with van der Waals surface area (Å²) in [5.41, 5.74) is 0.689. The summed E-state index contributed by atoms with van der Waals surface area (Å²) in [4.78, 5) is 4.44. The van der Waals surface area contributed by atoms with Gasteiger partial charge in [0, 0.05) is 19.2 Å². The number of aromatic hydroxyl groups is 1. The number of benzene rings is 1. The first-order chi connectivity index (χ1) is 11.6. The Bertz CT molecular complexity index is 554. The Kier molecular flexibility index (Phi) is 10.1. The second kappa shape index (κ2) is 11.5. The maximum Gasteiger partial charge on any atom is 0.191 e. The fourth-order valence-corrected chi connectivity index (χ4v) is 2.34. The number of phenolic OH excluding ortho intramolecular Hbond substituents is 1. The molecule has 0 spiro atoms. The zero-order chi connectivity index (χ0) is 17.4. The number of hydrogen-bond donors (Lipinski definition) is 3. The van der Waals surface area contributed by atoms with Crippen LogP contribution in [0.15, 0.2) is 23.2 Å². The predicted molar refractivity (Wildman–Crippen MR) is 106 cm³/mol. The van der Waals surface area contributed by atoms with Gasteiger partial charge in [-0.1, -0.05) is 6.07 Å². The maximum absolute atomic E-state index is 13.4. The lowest BCUT2D eigenvalue weighted by Crippen LogP contribution is -2.44. The topological polar surface area (TPSA) is 75.1 Å². The summed E-state index contributed by atoms with van der Waals surface area (Å²) in [7, 11) is 0. The van der Waals surface area contributed by atoms with Crippen LogP contribution in [0.25, 0.3) is 0 Å². The van der Waals surface area contributed by atoms with Crippen LogP contribution >= 0.6 is 24.0 Å². The van der Waals surface area contributed by atoms with Crippen molar-refractivity contribution in [1.29, 1.82) is 0 Å². The van der Waals surface area contributed by atoms with Crippen molar-refractivity contribution in [2.45, 2.75) is 39.0 Å². The Hall–Kier alpha value is -1.13. The molecule has 142 valence electrons. The second-order valence-electron chi connectivity index (χ2n) is 5.85. The van der Waals surface area contributed by atoms with Gasteiger partial charge in [-0.25, -0.2) is 9.38 Å². The molecule has 2 rings (SSSR count). The van der Waals surface area contributed by atoms with E-state index in [-0.39, 0.29) is 41.9 Å². The van der Waals surface area contributed by atoms with Crippen LogP contribution in [0.1, 0.15) is 25.8 Å². The van der Waals surface area contributed by atoms with E-state index >= 15 is 0 Å². The average Bonchev–Trinajstić information content (AvgIpc) is 3.07. The molecule has 1 heterocycles. The standard InChI is InChI=1S/C17H26FN3O3.HI/c1-3-19-17(20-9-13-4-5-16(22)15(18)8-13)21-12(2)10-24-14-6-7-23-11-14;/h4-5,8,12,14,22H,3,6-7,9-11H2,1-2H3,(H2,19,20,21);1H. The third-order valence-corrected chi connectivity index (χ3v) is 3.63. The third kappa shape index (κ3) is 7.74. The minimum Gasteiger partial charge on any atom is -0.505 e. The van der Waals surface area contributed by atoms with Crippen LogP contribution < -0.4 is 10.6 Å². The highest BCUT2D eigenvalue weighted by Gasteiger charge is 2.17. The van der Waals surface area contributed by atoms with Gasteiger partial charge in [-0.05, 0) is 38.0 Å². The number of halogens is 2. The molecule has 1 aromatic rings. The lowest BCUT2D eigenvalue weighted by atomic mass is 10.2. The fourth-order valence-electron chi connectivity index (χ4n) is 2.34. The van der Waals surface area contributed by atoms with Crippen molar-refractivity contribution < 1.29 is 19.0 Å². The Morgan fingerprint density at radius 1 is 1.52 bits per heavy atom. The minimum absolute atomic E-state index is 0. The molecule has 25 heavy (non-hydrogen) atoms. The monoisotopic (exact) mass is 467 g/mol. The molecule has 1 fully saturated rings. The number of nitrogens with zero attached hydrogens (tertiary/aromatic N) is 1. The fraction of sp³-hybridized carbons (Fsp3) is 0.588. The van der Waals surface area contributed by atoms with E-state index < -0.39 is 5.82 Å². The molecular formula is C17H27FIN3O3. The Balaban J connectivity index is 0.00000312. The summed E-state index contributed by atoms with van der Waals surface area (Å²) in [6.45, 7) is 7.02. The van der Waals surface area contributed by atoms with Gasteiger partial charge in [0.2, 0.25) is 0 Å². The van der Waals surface area contributed by atoms with Gasteiger partial charge in [-0.2, -0.15) is 0 Å². The highest BCUT2D eigenvalue weighted by atomic mass is 127. The van der Waals surface area contributed by atoms with Crippen LogP contribution in [0.3, 0.4) is 0 Å². The normalized spacial score (nSPS) is 18.5. The molecule has 1 saturated heterocycles. The number of aliphatic imine (C=N–C) groups is 1. The van der Waals surface area contributed by atoms with Crippen LogP contribution in [0.4, 0.5) is 4.39 Å². The van der Waals surface area contributed by atoms with Crippen molar-refractivity contribution in [3.05, 3.63) is 29.6 Å². The van der Waals surface area contributed by atoms with Crippen molar-refractivity contribution in [1.82, 2.24) is 10.6 Å². The number of nitrogens with one attached hydrogen (secondary N) is 2. The van der Waals surface area contributed by atoms with Gasteiger partial charge >= 0.3 is 0 Å². The highest BCUT2D eigenvalue weighted by molar-refractivity contribution is 14.0. The molecule has 0 amide bonds. The van der Waals surface area contributed by atoms with E-state index in [1.165, 1.54) is 12.1 Å². The van der Waals surface area contributed by atoms with Crippen molar-refractivity contribution in [2.24, 2.45) is 4.99 Å². The van der Waals surface area contributed by atoms with E-state index in [0.717, 1.165) is 19.6 Å². The van der Waals surface area contributed by atoms with E-state index in [4.69, 9.17) is 9.47 Å². The summed E-state index contributed by atoms with van der Waals surface area (Å²) >= 11 is 0. The van der Waals surface area contributed by atoms with Crippen molar-refractivity contribution in [3.8, 4) is 5.75 Å². The first-order valence-corrected chi connectivity index (χ1v) is 8.30. The first-order valence-electron chi connectivity index (χ1n) is 8.30. The molecule has 0 aliphatic carbocycles. The number of rotatable bonds is 7. The molecule has 0 aromatic heterocycles. The van der Waals surface area contributed by atoms with Crippen LogP contribution in [0, 0.1) is 5.82 Å². The molecule has 8 heteroatoms. The molecular weight excluding hydrogens is 440 g/mol. The van der Waals surface area contributed by atoms with Crippen molar-refractivity contribution in [2.75, 3.05) is 26.4 Å². The lowest BCUT2D eigenvalue weighted by molar-refractivity contribution is 0.0347. The summed E-state index contributed by atoms with van der Waals surface area (Å²) in [6.07, 6.45) is 1.11. The van der Waals surface area contributed by atoms with E-state index in [1.807, 2.05) is 13.8 Å². The molecule has 1 aliphatic heterocycles. The van der Waals surface area contributed by atoms with Gasteiger partial charge in [0.15, 0.2) is 17.5 Å². The molecule has 1 aromatic carbocycles. The predicted octanol–water partition coefficient (Wildman–Crippen LogP) is 2.40. The number of phenols is 1. The van der Waals surface area contributed by atoms with Gasteiger partial charge in [-0.3, -0.25) is 0 Å². The third-order valence-electron chi connectivity index (χ3n) is 3.63. The molecule has 1 aliphatic rings. The quantitative estimate of drug-likeness (QED) is 0.326. The molecule has 0 bridgehead atoms. The number of hydrogen-bond acceptors (Lipinski definition) is 4. The van der Waals surface area contributed by atoms with Gasteiger partial charge < -0.3 is 25.2 Å². The van der Waals surface area contributed by atoms with Gasteiger partial charge in [0.1, 0.15) is 0 Å². The molecule has 0 saturated carbocycles. The molecule has 3 N–H and O–H groups in total. The van der Waals surface area contributed by atoms with Crippen LogP contribution in [0.5, 0.6) is 5.75 Å². The Morgan fingerprint density at radius 3 is 2.96 bits per heavy atom. The second-order valence-corrected chi connectivity index (χ2v) is 5.85. The summed E-state index contributed by atoms with van der Waals surface area (Å²) in [6, 6.07) is 4.35. The van der Waals surface area contributed by atoms with Gasteiger partial charge in [0.25, 0.3) is 0 Å². The molecule has 6 nitrogen and oxygen atoms in total. The maximum atomic E-state index is 13.4. The Morgan fingerprint density at radius 2 is 2.32 bits per heavy atom. The molecule has 2 atom stereocenters. The lowest BCUT2D eigenvalue weighted by Gasteiger charge is -2.19. The summed E-state index contributed by atoms with van der Waals surface area (Å²) in [5, 5.41) is 15.6. The van der Waals surface area contributed by atoms with E-state index in [9.17, 15) is 9.50 Å². The summed E-state index contributed by atoms with van der Waals surface area (Å²) in [5.74, 6) is -0.347. The average molecular weight is 467 g/mol. The smallest absolute Gasteiger partial charge is 0.191 e. The van der Waals surface area contributed by atoms with Crippen LogP contribution in [0.2, 0.25) is 0 Å². The zero-order valence-electron chi connectivity index (χ0n) is 14.6. The Labute approximate surface area is 165 Å². The highest BCUT2D eigenvalue weighted by Crippen LogP contribution is 2.16. The minimum atomic E-state index is -0.638. The summed E-state index contributed by atoms with van der Waals surface area (Å²) < 4.78 is 24.4. The first kappa shape index (κ1) is 21.9. The largest absolute Gasteiger partial charge is 0.505 e. The zero-order valence-corrected chi connectivity index (χ0v) is 17.0. The van der Waals surface area contributed by atoms with Crippen LogP contribution in [-0.2, 0) is 16.0 Å². The van der Waals surface area contributed by atoms with E-state index in [1.54, 1.807) is 6.07 Å². The van der Waals surface area contributed by atoms with E-state index in [2.05, 4.69) is 15.6 Å². The number of guanidine groups is 1. The number of ether oxygens (including phenoxy) is 2. The van der Waals surface area contributed by atoms with Gasteiger partial charge in [0.05, 0.1) is 25.9 Å². The van der Waals surface area contributed by atoms with E-state index in [0.29, 0.717) is 31.3 Å². The van der Waals surface area contributed by atoms with Crippen molar-refractivity contribution >= 4 is 29.9 Å². The SMILES string of the molecule is CCNC(=NCc1ccc(O)c(F)c1)NC(C)COC1CCOC1.I. The van der Waals surface area contributed by atoms with Crippen LogP contribution in [-0.4, -0.2) is 49.6 Å². The van der Waals surface area contributed by atoms with Gasteiger partial charge in [-0.15, -0.1) is 24.0 Å². The molecule has 0 radical (unpaired) electrons. The van der Waals surface area contributed by atoms with Crippen molar-refractivity contribution in [3.63, 3.8) is 0 Å². The molecule has 2 unspecified atom stereocenters.